The average molecular weight is 255 g/mol. The average Bonchev–Trinajstić information content (AvgIpc) is 2.31. The highest BCUT2D eigenvalue weighted by atomic mass is 19.1. The molecule has 18 heavy (non-hydrogen) atoms. The highest BCUT2D eigenvalue weighted by molar-refractivity contribution is 5.84. The number of likely N-dealkylation sites (N-methyl/N-ethyl adjacent to an activating group) is 1. The maximum atomic E-state index is 13.3. The van der Waals surface area contributed by atoms with Crippen LogP contribution in [0.1, 0.15) is 12.5 Å². The molecule has 7 heteroatoms. The number of nitrogens with one attached hydrogen (secondary N) is 2. The number of anilines is 1. The normalized spacial score (nSPS) is 11.8. The molecule has 1 aromatic carbocycles. The van der Waals surface area contributed by atoms with Gasteiger partial charge in [0.25, 0.3) is 5.69 Å². The van der Waals surface area contributed by atoms with E-state index in [-0.39, 0.29) is 17.2 Å². The van der Waals surface area contributed by atoms with Gasteiger partial charge in [0, 0.05) is 7.05 Å². The van der Waals surface area contributed by atoms with E-state index in [1.54, 1.807) is 6.92 Å². The molecule has 0 fully saturated rings. The Morgan fingerprint density at radius 3 is 2.61 bits per heavy atom. The Hall–Kier alpha value is -2.18. The fourth-order valence-electron chi connectivity index (χ4n) is 1.45. The largest absolute Gasteiger partial charge is 0.368 e. The number of halogens is 1. The molecule has 0 saturated heterocycles. The zero-order valence-electron chi connectivity index (χ0n) is 10.3. The summed E-state index contributed by atoms with van der Waals surface area (Å²) < 4.78 is 13.3. The molecule has 0 aliphatic rings. The summed E-state index contributed by atoms with van der Waals surface area (Å²) >= 11 is 0. The van der Waals surface area contributed by atoms with Gasteiger partial charge in [-0.1, -0.05) is 0 Å². The maximum absolute atomic E-state index is 13.3. The third kappa shape index (κ3) is 2.93. The van der Waals surface area contributed by atoms with Gasteiger partial charge in [-0.05, 0) is 25.5 Å². The van der Waals surface area contributed by atoms with Gasteiger partial charge in [-0.15, -0.1) is 0 Å². The van der Waals surface area contributed by atoms with Crippen LogP contribution in [0.15, 0.2) is 12.1 Å². The number of rotatable bonds is 4. The van der Waals surface area contributed by atoms with Gasteiger partial charge in [-0.2, -0.15) is 0 Å². The van der Waals surface area contributed by atoms with Crippen molar-refractivity contribution in [3.8, 4) is 0 Å². The van der Waals surface area contributed by atoms with E-state index in [4.69, 9.17) is 0 Å². The molecule has 1 unspecified atom stereocenters. The lowest BCUT2D eigenvalue weighted by Gasteiger charge is -2.14. The van der Waals surface area contributed by atoms with Crippen LogP contribution < -0.4 is 10.6 Å². The summed E-state index contributed by atoms with van der Waals surface area (Å²) in [5, 5.41) is 15.9. The second-order valence-electron chi connectivity index (χ2n) is 3.86. The van der Waals surface area contributed by atoms with Crippen LogP contribution in [0, 0.1) is 22.9 Å². The molecule has 2 N–H and O–H groups in total. The lowest BCUT2D eigenvalue weighted by Crippen LogP contribution is -2.35. The van der Waals surface area contributed by atoms with E-state index in [0.717, 1.165) is 6.07 Å². The van der Waals surface area contributed by atoms with Crippen molar-refractivity contribution < 1.29 is 14.1 Å². The first-order valence-corrected chi connectivity index (χ1v) is 5.29. The van der Waals surface area contributed by atoms with Gasteiger partial charge < -0.3 is 10.6 Å². The molecule has 98 valence electrons. The van der Waals surface area contributed by atoms with Crippen molar-refractivity contribution in [3.05, 3.63) is 33.6 Å². The zero-order chi connectivity index (χ0) is 13.9. The van der Waals surface area contributed by atoms with Crippen molar-refractivity contribution in [1.29, 1.82) is 0 Å². The molecule has 0 aromatic heterocycles. The Balaban J connectivity index is 3.11. The van der Waals surface area contributed by atoms with Gasteiger partial charge in [-0.25, -0.2) is 4.39 Å². The summed E-state index contributed by atoms with van der Waals surface area (Å²) in [4.78, 5) is 21.4. The third-order valence-corrected chi connectivity index (χ3v) is 2.49. The highest BCUT2D eigenvalue weighted by Crippen LogP contribution is 2.28. The van der Waals surface area contributed by atoms with E-state index in [9.17, 15) is 19.3 Å². The number of carbonyl (C=O) groups excluding carboxylic acids is 1. The predicted octanol–water partition coefficient (Wildman–Crippen LogP) is 1.59. The van der Waals surface area contributed by atoms with Crippen LogP contribution >= 0.6 is 0 Å². The topological polar surface area (TPSA) is 84.3 Å². The number of hydrogen-bond donors (Lipinski definition) is 2. The van der Waals surface area contributed by atoms with E-state index in [1.807, 2.05) is 0 Å². The first kappa shape index (κ1) is 13.9. The molecule has 0 heterocycles. The number of nitro groups is 1. The fourth-order valence-corrected chi connectivity index (χ4v) is 1.45. The lowest BCUT2D eigenvalue weighted by atomic mass is 10.1. The molecular formula is C11H14FN3O3. The van der Waals surface area contributed by atoms with Crippen molar-refractivity contribution in [2.45, 2.75) is 19.9 Å². The molecule has 0 aliphatic carbocycles. The molecular weight excluding hydrogens is 241 g/mol. The number of aryl methyl sites for hydroxylation is 1. The van der Waals surface area contributed by atoms with Crippen LogP contribution in [-0.4, -0.2) is 23.9 Å². The standard InChI is InChI=1S/C11H14FN3O3/c1-6-4-9(14-7(2)11(16)13-3)10(15(17)18)5-8(6)12/h4-5,7,14H,1-3H3,(H,13,16). The smallest absolute Gasteiger partial charge is 0.295 e. The summed E-state index contributed by atoms with van der Waals surface area (Å²) in [7, 11) is 1.46. The van der Waals surface area contributed by atoms with Crippen LogP contribution in [-0.2, 0) is 4.79 Å². The molecule has 0 aliphatic heterocycles. The number of nitrogens with zero attached hydrogens (tertiary/aromatic N) is 1. The summed E-state index contributed by atoms with van der Waals surface area (Å²) in [6, 6.07) is 1.50. The Morgan fingerprint density at radius 2 is 2.11 bits per heavy atom. The van der Waals surface area contributed by atoms with E-state index in [2.05, 4.69) is 10.6 Å². The van der Waals surface area contributed by atoms with Gasteiger partial charge in [-0.3, -0.25) is 14.9 Å². The predicted molar refractivity (Wildman–Crippen MR) is 64.9 cm³/mol. The second-order valence-corrected chi connectivity index (χ2v) is 3.86. The molecule has 0 saturated carbocycles. The first-order chi connectivity index (χ1) is 8.36. The molecule has 6 nitrogen and oxygen atoms in total. The fraction of sp³-hybridized carbons (Fsp3) is 0.364. The maximum Gasteiger partial charge on any atom is 0.295 e. The Labute approximate surface area is 103 Å². The first-order valence-electron chi connectivity index (χ1n) is 5.29. The number of hydrogen-bond acceptors (Lipinski definition) is 4. The molecule has 0 bridgehead atoms. The van der Waals surface area contributed by atoms with Crippen LogP contribution in [0.4, 0.5) is 15.8 Å². The Bertz CT molecular complexity index is 491. The molecule has 1 rings (SSSR count). The van der Waals surface area contributed by atoms with Crippen molar-refractivity contribution in [1.82, 2.24) is 5.32 Å². The lowest BCUT2D eigenvalue weighted by molar-refractivity contribution is -0.384. The van der Waals surface area contributed by atoms with Crippen LogP contribution in [0.5, 0.6) is 0 Å². The molecule has 1 aromatic rings. The number of benzene rings is 1. The SMILES string of the molecule is CNC(=O)C(C)Nc1cc(C)c(F)cc1[N+](=O)[O-]. The van der Waals surface area contributed by atoms with Crippen LogP contribution in [0.25, 0.3) is 0 Å². The third-order valence-electron chi connectivity index (χ3n) is 2.49. The minimum atomic E-state index is -0.693. The minimum absolute atomic E-state index is 0.120. The van der Waals surface area contributed by atoms with Gasteiger partial charge >= 0.3 is 0 Å². The minimum Gasteiger partial charge on any atom is -0.368 e. The molecule has 1 atom stereocenters. The number of amides is 1. The quantitative estimate of drug-likeness (QED) is 0.632. The molecule has 0 radical (unpaired) electrons. The second kappa shape index (κ2) is 5.44. The summed E-state index contributed by atoms with van der Waals surface area (Å²) in [5.74, 6) is -0.967. The monoisotopic (exact) mass is 255 g/mol. The molecule has 1 amide bonds. The van der Waals surface area contributed by atoms with Gasteiger partial charge in [0.2, 0.25) is 5.91 Å². The summed E-state index contributed by atoms with van der Waals surface area (Å²) in [6.45, 7) is 3.05. The molecule has 0 spiro atoms. The van der Waals surface area contributed by atoms with Gasteiger partial charge in [0.05, 0.1) is 11.0 Å². The van der Waals surface area contributed by atoms with Crippen molar-refractivity contribution in [3.63, 3.8) is 0 Å². The van der Waals surface area contributed by atoms with E-state index in [0.29, 0.717) is 0 Å². The highest BCUT2D eigenvalue weighted by Gasteiger charge is 2.20. The van der Waals surface area contributed by atoms with Gasteiger partial charge in [0.1, 0.15) is 17.5 Å². The number of nitro benzene ring substituents is 1. The summed E-state index contributed by atoms with van der Waals surface area (Å²) in [6.07, 6.45) is 0. The summed E-state index contributed by atoms with van der Waals surface area (Å²) in [5.41, 5.74) is -0.00365. The van der Waals surface area contributed by atoms with Crippen molar-refractivity contribution >= 4 is 17.3 Å². The van der Waals surface area contributed by atoms with E-state index < -0.39 is 22.5 Å². The van der Waals surface area contributed by atoms with Crippen LogP contribution in [0.3, 0.4) is 0 Å². The van der Waals surface area contributed by atoms with Crippen molar-refractivity contribution in [2.75, 3.05) is 12.4 Å². The zero-order valence-corrected chi connectivity index (χ0v) is 10.3. The number of carbonyl (C=O) groups is 1. The Morgan fingerprint density at radius 1 is 1.50 bits per heavy atom. The van der Waals surface area contributed by atoms with E-state index >= 15 is 0 Å². The Kier molecular flexibility index (Phi) is 4.19. The van der Waals surface area contributed by atoms with Crippen LogP contribution in [0.2, 0.25) is 0 Å². The van der Waals surface area contributed by atoms with Crippen molar-refractivity contribution in [2.24, 2.45) is 0 Å². The van der Waals surface area contributed by atoms with Gasteiger partial charge in [0.15, 0.2) is 0 Å². The van der Waals surface area contributed by atoms with E-state index in [1.165, 1.54) is 20.0 Å².